The maximum absolute atomic E-state index is 13.1. The lowest BCUT2D eigenvalue weighted by atomic mass is 9.97. The van der Waals surface area contributed by atoms with Crippen molar-refractivity contribution in [2.75, 3.05) is 6.61 Å². The van der Waals surface area contributed by atoms with E-state index in [1.165, 1.54) is 18.4 Å². The molecule has 0 aliphatic carbocycles. The van der Waals surface area contributed by atoms with Crippen LogP contribution < -0.4 is 5.32 Å². The zero-order valence-corrected chi connectivity index (χ0v) is 12.6. The second kappa shape index (κ2) is 7.75. The predicted molar refractivity (Wildman–Crippen MR) is 80.2 cm³/mol. The minimum atomic E-state index is -0.164. The van der Waals surface area contributed by atoms with Gasteiger partial charge in [0.05, 0.1) is 6.10 Å². The highest BCUT2D eigenvalue weighted by Gasteiger charge is 2.22. The second-order valence-electron chi connectivity index (χ2n) is 5.82. The number of halogens is 1. The van der Waals surface area contributed by atoms with Gasteiger partial charge in [-0.2, -0.15) is 0 Å². The Bertz CT molecular complexity index is 392. The van der Waals surface area contributed by atoms with E-state index in [9.17, 15) is 4.39 Å². The Morgan fingerprint density at radius 2 is 2.10 bits per heavy atom. The van der Waals surface area contributed by atoms with E-state index in [0.717, 1.165) is 25.9 Å². The van der Waals surface area contributed by atoms with Gasteiger partial charge in [0.2, 0.25) is 0 Å². The Hall–Kier alpha value is -0.930. The molecule has 1 aromatic carbocycles. The maximum Gasteiger partial charge on any atom is 0.123 e. The molecule has 1 N–H and O–H groups in total. The molecule has 112 valence electrons. The van der Waals surface area contributed by atoms with Crippen molar-refractivity contribution >= 4 is 0 Å². The van der Waals surface area contributed by atoms with Crippen LogP contribution in [0.2, 0.25) is 0 Å². The van der Waals surface area contributed by atoms with Gasteiger partial charge in [0.1, 0.15) is 5.82 Å². The molecule has 1 saturated heterocycles. The van der Waals surface area contributed by atoms with E-state index in [-0.39, 0.29) is 5.82 Å². The summed E-state index contributed by atoms with van der Waals surface area (Å²) in [5.74, 6) is -0.164. The van der Waals surface area contributed by atoms with E-state index in [4.69, 9.17) is 4.74 Å². The van der Waals surface area contributed by atoms with Crippen LogP contribution in [0.1, 0.15) is 57.6 Å². The lowest BCUT2D eigenvalue weighted by Gasteiger charge is -2.32. The molecule has 1 fully saturated rings. The summed E-state index contributed by atoms with van der Waals surface area (Å²) in [5.41, 5.74) is 1.19. The van der Waals surface area contributed by atoms with Gasteiger partial charge in [-0.1, -0.05) is 31.9 Å². The summed E-state index contributed by atoms with van der Waals surface area (Å²) in [6, 6.07) is 7.76. The Morgan fingerprint density at radius 1 is 1.35 bits per heavy atom. The first-order valence-electron chi connectivity index (χ1n) is 7.82. The third-order valence-corrected chi connectivity index (χ3v) is 4.04. The number of benzene rings is 1. The quantitative estimate of drug-likeness (QED) is 0.842. The van der Waals surface area contributed by atoms with Crippen molar-refractivity contribution in [3.63, 3.8) is 0 Å². The van der Waals surface area contributed by atoms with E-state index in [1.807, 2.05) is 12.1 Å². The maximum atomic E-state index is 13.1. The van der Waals surface area contributed by atoms with Crippen LogP contribution in [-0.2, 0) is 4.74 Å². The molecule has 3 unspecified atom stereocenters. The zero-order valence-electron chi connectivity index (χ0n) is 12.6. The van der Waals surface area contributed by atoms with Gasteiger partial charge in [-0.15, -0.1) is 0 Å². The van der Waals surface area contributed by atoms with Crippen LogP contribution in [0, 0.1) is 5.82 Å². The van der Waals surface area contributed by atoms with Crippen molar-refractivity contribution in [2.24, 2.45) is 0 Å². The van der Waals surface area contributed by atoms with E-state index < -0.39 is 0 Å². The summed E-state index contributed by atoms with van der Waals surface area (Å²) < 4.78 is 18.7. The van der Waals surface area contributed by atoms with Crippen LogP contribution in [0.3, 0.4) is 0 Å². The highest BCUT2D eigenvalue weighted by Crippen LogP contribution is 2.23. The summed E-state index contributed by atoms with van der Waals surface area (Å²) in [4.78, 5) is 0. The summed E-state index contributed by atoms with van der Waals surface area (Å²) >= 11 is 0. The molecule has 0 amide bonds. The fourth-order valence-corrected chi connectivity index (χ4v) is 2.88. The average molecular weight is 279 g/mol. The average Bonchev–Trinajstić information content (AvgIpc) is 2.44. The summed E-state index contributed by atoms with van der Waals surface area (Å²) in [6.45, 7) is 5.17. The largest absolute Gasteiger partial charge is 0.378 e. The third-order valence-electron chi connectivity index (χ3n) is 4.04. The first-order valence-corrected chi connectivity index (χ1v) is 7.82. The summed E-state index contributed by atoms with van der Waals surface area (Å²) in [7, 11) is 0. The highest BCUT2D eigenvalue weighted by atomic mass is 19.1. The van der Waals surface area contributed by atoms with E-state index >= 15 is 0 Å². The standard InChI is InChI=1S/C17H26FNO/c1-3-4-5-17(14-6-8-15(18)9-7-14)19-16-10-11-20-13(2)12-16/h6-9,13,16-17,19H,3-5,10-12H2,1-2H3. The molecular weight excluding hydrogens is 253 g/mol. The van der Waals surface area contributed by atoms with Crippen LogP contribution in [0.4, 0.5) is 4.39 Å². The number of rotatable bonds is 6. The Kier molecular flexibility index (Phi) is 5.99. The molecule has 2 nitrogen and oxygen atoms in total. The first kappa shape index (κ1) is 15.5. The fourth-order valence-electron chi connectivity index (χ4n) is 2.88. The van der Waals surface area contributed by atoms with Crippen molar-refractivity contribution in [2.45, 2.75) is 64.1 Å². The summed E-state index contributed by atoms with van der Waals surface area (Å²) in [5, 5.41) is 3.75. The number of ether oxygens (including phenoxy) is 1. The molecule has 1 aliphatic rings. The van der Waals surface area contributed by atoms with Gasteiger partial charge in [0, 0.05) is 18.7 Å². The normalized spacial score (nSPS) is 24.6. The Morgan fingerprint density at radius 3 is 2.75 bits per heavy atom. The zero-order chi connectivity index (χ0) is 14.4. The number of unbranched alkanes of at least 4 members (excludes halogenated alkanes) is 1. The van der Waals surface area contributed by atoms with Crippen LogP contribution in [0.25, 0.3) is 0 Å². The van der Waals surface area contributed by atoms with Crippen molar-refractivity contribution < 1.29 is 9.13 Å². The van der Waals surface area contributed by atoms with Crippen LogP contribution in [0.15, 0.2) is 24.3 Å². The van der Waals surface area contributed by atoms with E-state index in [2.05, 4.69) is 19.2 Å². The van der Waals surface area contributed by atoms with Gasteiger partial charge in [0.15, 0.2) is 0 Å². The summed E-state index contributed by atoms with van der Waals surface area (Å²) in [6.07, 6.45) is 5.93. The lowest BCUT2D eigenvalue weighted by Crippen LogP contribution is -2.40. The van der Waals surface area contributed by atoms with Crippen molar-refractivity contribution in [1.29, 1.82) is 0 Å². The van der Waals surface area contributed by atoms with Crippen LogP contribution in [-0.4, -0.2) is 18.8 Å². The lowest BCUT2D eigenvalue weighted by molar-refractivity contribution is 0.0109. The molecule has 0 saturated carbocycles. The molecule has 1 aromatic rings. The molecule has 2 rings (SSSR count). The highest BCUT2D eigenvalue weighted by molar-refractivity contribution is 5.20. The smallest absolute Gasteiger partial charge is 0.123 e. The van der Waals surface area contributed by atoms with Crippen molar-refractivity contribution in [1.82, 2.24) is 5.32 Å². The molecule has 3 heteroatoms. The van der Waals surface area contributed by atoms with E-state index in [1.54, 1.807) is 12.1 Å². The van der Waals surface area contributed by atoms with E-state index in [0.29, 0.717) is 18.2 Å². The third kappa shape index (κ3) is 4.57. The van der Waals surface area contributed by atoms with Gasteiger partial charge >= 0.3 is 0 Å². The molecule has 1 heterocycles. The van der Waals surface area contributed by atoms with Crippen LogP contribution >= 0.6 is 0 Å². The van der Waals surface area contributed by atoms with Crippen molar-refractivity contribution in [3.05, 3.63) is 35.6 Å². The number of hydrogen-bond donors (Lipinski definition) is 1. The van der Waals surface area contributed by atoms with Gasteiger partial charge in [-0.25, -0.2) is 4.39 Å². The molecule has 3 atom stereocenters. The Balaban J connectivity index is 2.00. The molecule has 1 aliphatic heterocycles. The predicted octanol–water partition coefficient (Wildman–Crippen LogP) is 4.21. The number of nitrogens with one attached hydrogen (secondary N) is 1. The van der Waals surface area contributed by atoms with Gasteiger partial charge in [-0.3, -0.25) is 0 Å². The topological polar surface area (TPSA) is 21.3 Å². The Labute approximate surface area is 121 Å². The monoisotopic (exact) mass is 279 g/mol. The van der Waals surface area contributed by atoms with Crippen LogP contribution in [0.5, 0.6) is 0 Å². The molecule has 0 bridgehead atoms. The van der Waals surface area contributed by atoms with Crippen molar-refractivity contribution in [3.8, 4) is 0 Å². The molecule has 0 aromatic heterocycles. The van der Waals surface area contributed by atoms with Gasteiger partial charge in [0.25, 0.3) is 0 Å². The minimum Gasteiger partial charge on any atom is -0.378 e. The minimum absolute atomic E-state index is 0.164. The second-order valence-corrected chi connectivity index (χ2v) is 5.82. The molecule has 0 radical (unpaired) electrons. The molecule has 0 spiro atoms. The van der Waals surface area contributed by atoms with Gasteiger partial charge in [-0.05, 0) is 43.9 Å². The molecule has 20 heavy (non-hydrogen) atoms. The molecular formula is C17H26FNO. The number of hydrogen-bond acceptors (Lipinski definition) is 2. The van der Waals surface area contributed by atoms with Gasteiger partial charge < -0.3 is 10.1 Å². The first-order chi connectivity index (χ1) is 9.69. The fraction of sp³-hybridized carbons (Fsp3) is 0.647. The SMILES string of the molecule is CCCCC(NC1CCOC(C)C1)c1ccc(F)cc1.